The predicted octanol–water partition coefficient (Wildman–Crippen LogP) is 8.14. The topological polar surface area (TPSA) is 192 Å². The number of nitrogens with one attached hydrogen (secondary N) is 2. The highest BCUT2D eigenvalue weighted by Crippen LogP contribution is 2.24. The zero-order chi connectivity index (χ0) is 53.1. The lowest BCUT2D eigenvalue weighted by Crippen LogP contribution is -2.51. The first kappa shape index (κ1) is 57.8. The van der Waals surface area contributed by atoms with Crippen LogP contribution in [0.25, 0.3) is 0 Å². The molecule has 0 aliphatic heterocycles. The number of carbonyl (C=O) groups excluding carboxylic acids is 2. The molecule has 0 aliphatic rings. The number of aliphatic hydroxyl groups is 2. The van der Waals surface area contributed by atoms with E-state index in [0.29, 0.717) is 29.9 Å². The lowest BCUT2D eigenvalue weighted by atomic mass is 10.00. The van der Waals surface area contributed by atoms with E-state index in [1.165, 1.54) is 47.1 Å². The van der Waals surface area contributed by atoms with Crippen LogP contribution in [0.5, 0.6) is 11.5 Å². The third-order valence-corrected chi connectivity index (χ3v) is 15.6. The summed E-state index contributed by atoms with van der Waals surface area (Å²) in [5.41, 5.74) is 2.55. The molecular formula is C56H67ClN4O10S2. The Kier molecular flexibility index (Phi) is 22.0. The van der Waals surface area contributed by atoms with E-state index in [-0.39, 0.29) is 64.3 Å². The van der Waals surface area contributed by atoms with Crippen LogP contribution in [0.1, 0.15) is 59.5 Å². The van der Waals surface area contributed by atoms with Gasteiger partial charge in [-0.2, -0.15) is 8.61 Å². The standard InChI is InChI=1S/C28H33ClN2O5S.C28H34N2O5S/c1-20(2)18-31(37(34,35)23-15-13-22(36-3)14-16-23)19-27(32)26(17-21-9-5-4-6-10-21)30-28(33)24-11-7-8-12-25(24)29;1-21(2)19-30(36(33,34)25-16-14-24(35-3)15-17-25)20-27(31)26(18-22-10-6-4-7-11-22)29-28(32)23-12-8-5-9-13-23/h4-16,20,26-27,32H,17-19H2,1-3H3,(H,30,33);4-17,21,26-27,31H,18-20H2,1-3H3,(H,29,32)/t2*26-,27+/m00/s1. The lowest BCUT2D eigenvalue weighted by molar-refractivity contribution is 0.0773. The molecule has 390 valence electrons. The van der Waals surface area contributed by atoms with Gasteiger partial charge in [-0.1, -0.05) is 130 Å². The molecule has 4 N–H and O–H groups in total. The van der Waals surface area contributed by atoms with Crippen LogP contribution in [-0.2, 0) is 32.9 Å². The van der Waals surface area contributed by atoms with Gasteiger partial charge < -0.3 is 30.3 Å². The van der Waals surface area contributed by atoms with Crippen LogP contribution in [0.15, 0.2) is 174 Å². The Labute approximate surface area is 436 Å². The van der Waals surface area contributed by atoms with E-state index in [2.05, 4.69) is 10.6 Å². The molecule has 6 aromatic carbocycles. The number of hydrogen-bond donors (Lipinski definition) is 4. The van der Waals surface area contributed by atoms with Gasteiger partial charge in [0, 0.05) is 31.7 Å². The number of aliphatic hydroxyl groups excluding tert-OH is 2. The fraction of sp³-hybridized carbons (Fsp3) is 0.321. The minimum Gasteiger partial charge on any atom is -0.497 e. The monoisotopic (exact) mass is 1050 g/mol. The zero-order valence-electron chi connectivity index (χ0n) is 42.0. The SMILES string of the molecule is COc1ccc(S(=O)(=O)N(CC(C)C)C[C@@H](O)[C@H](Cc2ccccc2)NC(=O)c2ccccc2)cc1.COc1ccc(S(=O)(=O)N(CC(C)C)C[C@@H](O)[C@H](Cc2ccccc2)NC(=O)c2ccccc2Cl)cc1. The molecule has 0 heterocycles. The van der Waals surface area contributed by atoms with Crippen LogP contribution in [-0.4, -0.2) is 112 Å². The molecule has 0 radical (unpaired) electrons. The number of sulfonamides is 2. The Morgan fingerprint density at radius 1 is 0.507 bits per heavy atom. The van der Waals surface area contributed by atoms with E-state index in [4.69, 9.17) is 21.1 Å². The molecule has 0 unspecified atom stereocenters. The van der Waals surface area contributed by atoms with Gasteiger partial charge in [0.25, 0.3) is 11.8 Å². The van der Waals surface area contributed by atoms with Gasteiger partial charge >= 0.3 is 0 Å². The fourth-order valence-electron chi connectivity index (χ4n) is 7.86. The number of amides is 2. The van der Waals surface area contributed by atoms with Crippen molar-refractivity contribution in [1.29, 1.82) is 0 Å². The van der Waals surface area contributed by atoms with Crippen LogP contribution >= 0.6 is 11.6 Å². The maximum Gasteiger partial charge on any atom is 0.253 e. The molecule has 2 amide bonds. The van der Waals surface area contributed by atoms with Gasteiger partial charge in [-0.25, -0.2) is 16.8 Å². The molecule has 0 bridgehead atoms. The first-order chi connectivity index (χ1) is 34.8. The number of hydrogen-bond acceptors (Lipinski definition) is 10. The van der Waals surface area contributed by atoms with Gasteiger partial charge in [-0.15, -0.1) is 0 Å². The van der Waals surface area contributed by atoms with Crippen molar-refractivity contribution in [2.75, 3.05) is 40.4 Å². The van der Waals surface area contributed by atoms with Crippen molar-refractivity contribution in [1.82, 2.24) is 19.2 Å². The molecule has 6 rings (SSSR count). The van der Waals surface area contributed by atoms with Gasteiger partial charge in [-0.05, 0) is 109 Å². The van der Waals surface area contributed by atoms with E-state index >= 15 is 0 Å². The maximum atomic E-state index is 13.5. The summed E-state index contributed by atoms with van der Waals surface area (Å²) in [5, 5.41) is 28.7. The molecule has 0 aromatic heterocycles. The number of nitrogens with zero attached hydrogens (tertiary/aromatic N) is 2. The molecule has 17 heteroatoms. The van der Waals surface area contributed by atoms with E-state index in [0.717, 1.165) is 11.1 Å². The number of ether oxygens (including phenoxy) is 2. The minimum absolute atomic E-state index is 0.00510. The smallest absolute Gasteiger partial charge is 0.253 e. The Bertz CT molecular complexity index is 2860. The second-order valence-electron chi connectivity index (χ2n) is 18.3. The number of carbonyl (C=O) groups is 2. The molecule has 14 nitrogen and oxygen atoms in total. The predicted molar refractivity (Wildman–Crippen MR) is 286 cm³/mol. The van der Waals surface area contributed by atoms with E-state index in [1.807, 2.05) is 94.4 Å². The molecule has 4 atom stereocenters. The van der Waals surface area contributed by atoms with Crippen molar-refractivity contribution < 1.29 is 46.1 Å². The lowest BCUT2D eigenvalue weighted by Gasteiger charge is -2.31. The van der Waals surface area contributed by atoms with E-state index in [1.54, 1.807) is 72.8 Å². The van der Waals surface area contributed by atoms with Crippen molar-refractivity contribution >= 4 is 43.5 Å². The number of rotatable bonds is 24. The Morgan fingerprint density at radius 2 is 0.863 bits per heavy atom. The zero-order valence-corrected chi connectivity index (χ0v) is 44.4. The Hall–Kier alpha value is -6.11. The number of benzene rings is 6. The summed E-state index contributed by atoms with van der Waals surface area (Å²) in [6.07, 6.45) is -1.70. The molecule has 0 spiro atoms. The van der Waals surface area contributed by atoms with Gasteiger partial charge in [0.15, 0.2) is 0 Å². The molecule has 0 aliphatic carbocycles. The second kappa shape index (κ2) is 27.8. The molecule has 0 saturated heterocycles. The maximum absolute atomic E-state index is 13.5. The summed E-state index contributed by atoms with van der Waals surface area (Å²) in [6, 6.07) is 45.1. The van der Waals surface area contributed by atoms with Crippen LogP contribution in [0.4, 0.5) is 0 Å². The van der Waals surface area contributed by atoms with Crippen LogP contribution in [0.3, 0.4) is 0 Å². The molecular weight excluding hydrogens is 988 g/mol. The van der Waals surface area contributed by atoms with Crippen LogP contribution < -0.4 is 20.1 Å². The van der Waals surface area contributed by atoms with Crippen molar-refractivity contribution in [2.24, 2.45) is 11.8 Å². The van der Waals surface area contributed by atoms with E-state index in [9.17, 15) is 36.6 Å². The van der Waals surface area contributed by atoms with Crippen LogP contribution in [0.2, 0.25) is 5.02 Å². The third kappa shape index (κ3) is 17.2. The quantitative estimate of drug-likeness (QED) is 0.0460. The summed E-state index contributed by atoms with van der Waals surface area (Å²) in [7, 11) is -4.80. The van der Waals surface area contributed by atoms with Crippen molar-refractivity contribution in [3.63, 3.8) is 0 Å². The van der Waals surface area contributed by atoms with E-state index < -0.39 is 50.2 Å². The fourth-order valence-corrected chi connectivity index (χ4v) is 11.3. The summed E-state index contributed by atoms with van der Waals surface area (Å²) in [4.78, 5) is 26.2. The van der Waals surface area contributed by atoms with Crippen molar-refractivity contribution in [2.45, 2.75) is 74.6 Å². The van der Waals surface area contributed by atoms with Gasteiger partial charge in [0.05, 0.1) is 58.9 Å². The Balaban J connectivity index is 0.000000271. The van der Waals surface area contributed by atoms with Crippen LogP contribution in [0, 0.1) is 11.8 Å². The van der Waals surface area contributed by atoms with Crippen molar-refractivity contribution in [3.05, 3.63) is 191 Å². The normalized spacial score (nSPS) is 13.4. The minimum atomic E-state index is -3.93. The molecule has 6 aromatic rings. The first-order valence-corrected chi connectivity index (χ1v) is 27.2. The van der Waals surface area contributed by atoms with Gasteiger partial charge in [0.1, 0.15) is 11.5 Å². The number of halogens is 1. The number of methoxy groups -OCH3 is 2. The van der Waals surface area contributed by atoms with Gasteiger partial charge in [0.2, 0.25) is 20.0 Å². The highest BCUT2D eigenvalue weighted by atomic mass is 35.5. The third-order valence-electron chi connectivity index (χ3n) is 11.6. The Morgan fingerprint density at radius 3 is 1.23 bits per heavy atom. The highest BCUT2D eigenvalue weighted by Gasteiger charge is 2.33. The summed E-state index contributed by atoms with van der Waals surface area (Å²) >= 11 is 6.21. The highest BCUT2D eigenvalue weighted by molar-refractivity contribution is 7.89. The molecule has 0 saturated carbocycles. The largest absolute Gasteiger partial charge is 0.497 e. The summed E-state index contributed by atoms with van der Waals surface area (Å²) < 4.78 is 67.0. The average Bonchev–Trinajstić information content (AvgIpc) is 3.38. The molecule has 0 fully saturated rings. The van der Waals surface area contributed by atoms with Gasteiger partial charge in [-0.3, -0.25) is 9.59 Å². The first-order valence-electron chi connectivity index (χ1n) is 24.0. The summed E-state index contributed by atoms with van der Waals surface area (Å²) in [5.74, 6) is 0.348. The second-order valence-corrected chi connectivity index (χ2v) is 22.6. The molecule has 73 heavy (non-hydrogen) atoms. The summed E-state index contributed by atoms with van der Waals surface area (Å²) in [6.45, 7) is 7.69. The van der Waals surface area contributed by atoms with Crippen molar-refractivity contribution in [3.8, 4) is 11.5 Å². The average molecular weight is 1060 g/mol.